The number of pyridine rings is 1. The van der Waals surface area contributed by atoms with E-state index in [0.29, 0.717) is 30.4 Å². The van der Waals surface area contributed by atoms with Gasteiger partial charge in [0.25, 0.3) is 0 Å². The number of alkyl halides is 3. The molecular formula is C29H24F3N3O5. The van der Waals surface area contributed by atoms with Gasteiger partial charge in [0.15, 0.2) is 5.65 Å². The Balaban J connectivity index is 0.000000470. The zero-order valence-corrected chi connectivity index (χ0v) is 21.2. The lowest BCUT2D eigenvalue weighted by atomic mass is 10.1. The molecule has 0 saturated carbocycles. The quantitative estimate of drug-likeness (QED) is 0.229. The molecule has 0 bridgehead atoms. The summed E-state index contributed by atoms with van der Waals surface area (Å²) < 4.78 is 49.2. The van der Waals surface area contributed by atoms with Gasteiger partial charge < -0.3 is 24.3 Å². The van der Waals surface area contributed by atoms with E-state index in [9.17, 15) is 13.2 Å². The molecule has 3 aromatic carbocycles. The summed E-state index contributed by atoms with van der Waals surface area (Å²) in [7, 11) is 1.65. The van der Waals surface area contributed by atoms with Crippen molar-refractivity contribution in [3.8, 4) is 28.6 Å². The standard InChI is InChI=1S/C27H23N3O3.C2HF3O2/c1-31-21-11-9-20(10-12-21)18-33-25-14-13-22(32-17-19-6-3-2-4-7-19)16-23(25)26-29-24-8-5-15-28-27(24)30-26;3-2(4,5)1(6)7/h2-16H,17-18H2,1H3,(H,28,29,30);(H,6,7). The van der Waals surface area contributed by atoms with Crippen LogP contribution >= 0.6 is 0 Å². The first kappa shape index (κ1) is 28.0. The number of nitrogens with zero attached hydrogens (tertiary/aromatic N) is 2. The molecule has 0 amide bonds. The van der Waals surface area contributed by atoms with E-state index >= 15 is 0 Å². The number of H-pyrrole nitrogens is 1. The Morgan fingerprint density at radius 2 is 1.52 bits per heavy atom. The number of carboxylic acids is 1. The maximum atomic E-state index is 10.6. The number of hydrogen-bond acceptors (Lipinski definition) is 6. The molecular weight excluding hydrogens is 527 g/mol. The average Bonchev–Trinajstić information content (AvgIpc) is 3.40. The van der Waals surface area contributed by atoms with Crippen LogP contribution in [0.1, 0.15) is 11.1 Å². The predicted molar refractivity (Wildman–Crippen MR) is 141 cm³/mol. The smallest absolute Gasteiger partial charge is 0.490 e. The predicted octanol–water partition coefficient (Wildman–Crippen LogP) is 6.42. The van der Waals surface area contributed by atoms with E-state index in [1.165, 1.54) is 0 Å². The van der Waals surface area contributed by atoms with Gasteiger partial charge in [0.1, 0.15) is 36.3 Å². The number of hydrogen-bond donors (Lipinski definition) is 2. The number of nitrogens with one attached hydrogen (secondary N) is 1. The van der Waals surface area contributed by atoms with Crippen molar-refractivity contribution in [1.29, 1.82) is 0 Å². The number of aliphatic carboxylic acids is 1. The Morgan fingerprint density at radius 3 is 2.17 bits per heavy atom. The highest BCUT2D eigenvalue weighted by molar-refractivity contribution is 5.78. The van der Waals surface area contributed by atoms with Crippen LogP contribution in [0.3, 0.4) is 0 Å². The number of halogens is 3. The maximum Gasteiger partial charge on any atom is 0.490 e. The van der Waals surface area contributed by atoms with Gasteiger partial charge in [0.2, 0.25) is 0 Å². The number of carboxylic acid groups (broad SMARTS) is 1. The maximum absolute atomic E-state index is 10.6. The first-order chi connectivity index (χ1) is 19.2. The number of ether oxygens (including phenoxy) is 3. The zero-order valence-electron chi connectivity index (χ0n) is 21.2. The van der Waals surface area contributed by atoms with Gasteiger partial charge in [0, 0.05) is 6.20 Å². The highest BCUT2D eigenvalue weighted by atomic mass is 19.4. The van der Waals surface area contributed by atoms with Crippen molar-refractivity contribution in [2.75, 3.05) is 7.11 Å². The summed E-state index contributed by atoms with van der Waals surface area (Å²) in [6, 6.07) is 27.5. The lowest BCUT2D eigenvalue weighted by Crippen LogP contribution is -2.21. The van der Waals surface area contributed by atoms with Crippen LogP contribution in [0.5, 0.6) is 17.2 Å². The molecule has 0 radical (unpaired) electrons. The molecule has 2 heterocycles. The van der Waals surface area contributed by atoms with Crippen molar-refractivity contribution in [1.82, 2.24) is 15.0 Å². The van der Waals surface area contributed by atoms with Gasteiger partial charge in [-0.2, -0.15) is 13.2 Å². The fourth-order valence-corrected chi connectivity index (χ4v) is 3.51. The Labute approximate surface area is 227 Å². The fraction of sp³-hybridized carbons (Fsp3) is 0.138. The topological polar surface area (TPSA) is 107 Å². The fourth-order valence-electron chi connectivity index (χ4n) is 3.51. The van der Waals surface area contributed by atoms with Crippen LogP contribution in [0.15, 0.2) is 91.1 Å². The molecule has 0 fully saturated rings. The minimum atomic E-state index is -5.08. The summed E-state index contributed by atoms with van der Waals surface area (Å²) in [5.74, 6) is 0.177. The van der Waals surface area contributed by atoms with E-state index in [2.05, 4.69) is 15.0 Å². The van der Waals surface area contributed by atoms with Gasteiger partial charge in [-0.05, 0) is 53.6 Å². The van der Waals surface area contributed by atoms with Crippen molar-refractivity contribution >= 4 is 17.1 Å². The molecule has 0 saturated heterocycles. The van der Waals surface area contributed by atoms with Gasteiger partial charge >= 0.3 is 12.1 Å². The number of methoxy groups -OCH3 is 1. The first-order valence-corrected chi connectivity index (χ1v) is 11.9. The van der Waals surface area contributed by atoms with Crippen LogP contribution in [0.2, 0.25) is 0 Å². The molecule has 5 rings (SSSR count). The summed E-state index contributed by atoms with van der Waals surface area (Å²) in [5, 5.41) is 7.12. The molecule has 0 atom stereocenters. The molecule has 2 aromatic heterocycles. The van der Waals surface area contributed by atoms with Crippen molar-refractivity contribution in [2.45, 2.75) is 19.4 Å². The number of aromatic amines is 1. The summed E-state index contributed by atoms with van der Waals surface area (Å²) in [4.78, 5) is 21.2. The monoisotopic (exact) mass is 551 g/mol. The molecule has 8 nitrogen and oxygen atoms in total. The second-order valence-corrected chi connectivity index (χ2v) is 8.33. The van der Waals surface area contributed by atoms with E-state index in [1.54, 1.807) is 13.3 Å². The van der Waals surface area contributed by atoms with Crippen LogP contribution in [0.25, 0.3) is 22.6 Å². The van der Waals surface area contributed by atoms with Crippen LogP contribution in [-0.4, -0.2) is 39.3 Å². The molecule has 5 aromatic rings. The van der Waals surface area contributed by atoms with Crippen LogP contribution in [-0.2, 0) is 18.0 Å². The summed E-state index contributed by atoms with van der Waals surface area (Å²) in [6.07, 6.45) is -3.35. The van der Waals surface area contributed by atoms with Gasteiger partial charge in [-0.25, -0.2) is 14.8 Å². The van der Waals surface area contributed by atoms with Gasteiger partial charge in [0.05, 0.1) is 18.2 Å². The third-order valence-electron chi connectivity index (χ3n) is 5.51. The van der Waals surface area contributed by atoms with E-state index in [1.807, 2.05) is 84.9 Å². The molecule has 40 heavy (non-hydrogen) atoms. The molecule has 0 spiro atoms. The van der Waals surface area contributed by atoms with Gasteiger partial charge in [-0.1, -0.05) is 42.5 Å². The number of rotatable bonds is 8. The highest BCUT2D eigenvalue weighted by Gasteiger charge is 2.38. The third-order valence-corrected chi connectivity index (χ3v) is 5.51. The summed E-state index contributed by atoms with van der Waals surface area (Å²) in [5.41, 5.74) is 4.48. The van der Waals surface area contributed by atoms with E-state index < -0.39 is 12.1 Å². The minimum Gasteiger partial charge on any atom is -0.497 e. The molecule has 0 aliphatic heterocycles. The van der Waals surface area contributed by atoms with Crippen LogP contribution in [0.4, 0.5) is 13.2 Å². The molecule has 11 heteroatoms. The van der Waals surface area contributed by atoms with E-state index in [-0.39, 0.29) is 0 Å². The SMILES string of the molecule is COc1ccc(COc2ccc(OCc3ccccc3)cc2-c2nc3ncccc3[nH]2)cc1.O=C(O)C(F)(F)F. The van der Waals surface area contributed by atoms with Gasteiger partial charge in [-0.3, -0.25) is 0 Å². The van der Waals surface area contributed by atoms with E-state index in [4.69, 9.17) is 24.1 Å². The molecule has 0 aliphatic rings. The molecule has 0 aliphatic carbocycles. The zero-order chi connectivity index (χ0) is 28.5. The Bertz CT molecular complexity index is 1520. The van der Waals surface area contributed by atoms with Crippen LogP contribution < -0.4 is 14.2 Å². The second-order valence-electron chi connectivity index (χ2n) is 8.33. The Hall–Kier alpha value is -5.06. The lowest BCUT2D eigenvalue weighted by Gasteiger charge is -2.13. The minimum absolute atomic E-state index is 0.416. The first-order valence-electron chi connectivity index (χ1n) is 11.9. The molecule has 206 valence electrons. The normalized spacial score (nSPS) is 10.9. The summed E-state index contributed by atoms with van der Waals surface area (Å²) >= 11 is 0. The van der Waals surface area contributed by atoms with Crippen molar-refractivity contribution < 1.29 is 37.3 Å². The van der Waals surface area contributed by atoms with Gasteiger partial charge in [-0.15, -0.1) is 0 Å². The average molecular weight is 552 g/mol. The van der Waals surface area contributed by atoms with E-state index in [0.717, 1.165) is 33.7 Å². The van der Waals surface area contributed by atoms with Crippen LogP contribution in [0, 0.1) is 0 Å². The Morgan fingerprint density at radius 1 is 0.875 bits per heavy atom. The lowest BCUT2D eigenvalue weighted by molar-refractivity contribution is -0.192. The highest BCUT2D eigenvalue weighted by Crippen LogP contribution is 2.34. The number of carbonyl (C=O) groups is 1. The second kappa shape index (κ2) is 12.7. The van der Waals surface area contributed by atoms with Crippen molar-refractivity contribution in [3.05, 3.63) is 102 Å². The van der Waals surface area contributed by atoms with Crippen molar-refractivity contribution in [2.24, 2.45) is 0 Å². The summed E-state index contributed by atoms with van der Waals surface area (Å²) in [6.45, 7) is 0.897. The molecule has 0 unspecified atom stereocenters. The largest absolute Gasteiger partial charge is 0.497 e. The Kier molecular flexibility index (Phi) is 8.85. The number of fused-ring (bicyclic) bond motifs is 1. The number of imidazole rings is 1. The number of aromatic nitrogens is 3. The number of benzene rings is 3. The third kappa shape index (κ3) is 7.50. The molecule has 2 N–H and O–H groups in total. The van der Waals surface area contributed by atoms with Crippen molar-refractivity contribution in [3.63, 3.8) is 0 Å².